The zero-order chi connectivity index (χ0) is 19.2. The first-order chi connectivity index (χ1) is 12.2. The highest BCUT2D eigenvalue weighted by molar-refractivity contribution is 5.68. The van der Waals surface area contributed by atoms with Crippen LogP contribution < -0.4 is 5.32 Å². The Kier molecular flexibility index (Phi) is 6.81. The topological polar surface area (TPSA) is 47.6 Å². The van der Waals surface area contributed by atoms with Crippen molar-refractivity contribution >= 4 is 6.09 Å². The summed E-state index contributed by atoms with van der Waals surface area (Å²) in [6.07, 6.45) is -0.443. The van der Waals surface area contributed by atoms with E-state index in [4.69, 9.17) is 9.47 Å². The maximum Gasteiger partial charge on any atom is 0.408 e. The molecule has 0 heterocycles. The minimum absolute atomic E-state index is 0.267. The molecule has 1 atom stereocenters. The standard InChI is InChI=1S/C22H29NO3/c1-16-11-17(2)13-18(12-16)14-25-15-20(19-9-7-6-8-10-19)23-21(24)26-22(3,4)5/h6-13,20H,14-15H2,1-5H3,(H,23,24). The maximum absolute atomic E-state index is 12.2. The van der Waals surface area contributed by atoms with Crippen LogP contribution in [0.4, 0.5) is 4.79 Å². The third kappa shape index (κ3) is 6.89. The zero-order valence-corrected chi connectivity index (χ0v) is 16.3. The van der Waals surface area contributed by atoms with Crippen LogP contribution in [0.5, 0.6) is 0 Å². The average Bonchev–Trinajstić information content (AvgIpc) is 2.52. The van der Waals surface area contributed by atoms with Crippen molar-refractivity contribution < 1.29 is 14.3 Å². The van der Waals surface area contributed by atoms with Crippen LogP contribution in [0.1, 0.15) is 49.1 Å². The molecule has 0 bridgehead atoms. The summed E-state index contributed by atoms with van der Waals surface area (Å²) in [4.78, 5) is 12.2. The molecule has 0 aliphatic carbocycles. The largest absolute Gasteiger partial charge is 0.444 e. The summed E-state index contributed by atoms with van der Waals surface area (Å²) in [5, 5.41) is 2.91. The van der Waals surface area contributed by atoms with Gasteiger partial charge in [0.2, 0.25) is 0 Å². The molecule has 2 aromatic rings. The molecule has 0 spiro atoms. The van der Waals surface area contributed by atoms with Gasteiger partial charge in [-0.25, -0.2) is 4.79 Å². The van der Waals surface area contributed by atoms with Gasteiger partial charge in [-0.2, -0.15) is 0 Å². The molecule has 0 saturated heterocycles. The van der Waals surface area contributed by atoms with E-state index in [2.05, 4.69) is 37.4 Å². The number of nitrogens with one attached hydrogen (secondary N) is 1. The Bertz CT molecular complexity index is 700. The van der Waals surface area contributed by atoms with Crippen LogP contribution in [0.3, 0.4) is 0 Å². The van der Waals surface area contributed by atoms with Crippen molar-refractivity contribution in [2.24, 2.45) is 0 Å². The van der Waals surface area contributed by atoms with Crippen LogP contribution in [0.25, 0.3) is 0 Å². The van der Waals surface area contributed by atoms with Crippen molar-refractivity contribution in [1.82, 2.24) is 5.32 Å². The molecule has 0 aliphatic rings. The number of carbonyl (C=O) groups excluding carboxylic acids is 1. The highest BCUT2D eigenvalue weighted by Crippen LogP contribution is 2.17. The summed E-state index contributed by atoms with van der Waals surface area (Å²) in [6.45, 7) is 10.6. The number of benzene rings is 2. The van der Waals surface area contributed by atoms with E-state index in [1.54, 1.807) is 0 Å². The Labute approximate surface area is 156 Å². The molecule has 0 aliphatic heterocycles. The summed E-state index contributed by atoms with van der Waals surface area (Å²) in [5.41, 5.74) is 4.01. The molecule has 2 aromatic carbocycles. The Hall–Kier alpha value is -2.33. The third-order valence-corrected chi connectivity index (χ3v) is 3.73. The zero-order valence-electron chi connectivity index (χ0n) is 16.3. The highest BCUT2D eigenvalue weighted by Gasteiger charge is 2.20. The Morgan fingerprint density at radius 3 is 2.23 bits per heavy atom. The van der Waals surface area contributed by atoms with Crippen molar-refractivity contribution in [2.75, 3.05) is 6.61 Å². The lowest BCUT2D eigenvalue weighted by molar-refractivity contribution is 0.0427. The molecular weight excluding hydrogens is 326 g/mol. The van der Waals surface area contributed by atoms with Crippen molar-refractivity contribution in [2.45, 2.75) is 52.9 Å². The van der Waals surface area contributed by atoms with E-state index in [-0.39, 0.29) is 6.04 Å². The first-order valence-electron chi connectivity index (χ1n) is 8.92. The molecule has 0 aromatic heterocycles. The number of hydrogen-bond acceptors (Lipinski definition) is 3. The summed E-state index contributed by atoms with van der Waals surface area (Å²) in [5.74, 6) is 0. The molecule has 1 unspecified atom stereocenters. The minimum atomic E-state index is -0.536. The summed E-state index contributed by atoms with van der Waals surface area (Å²) in [7, 11) is 0. The smallest absolute Gasteiger partial charge is 0.408 e. The normalized spacial score (nSPS) is 12.5. The van der Waals surface area contributed by atoms with Gasteiger partial charge >= 0.3 is 6.09 Å². The summed E-state index contributed by atoms with van der Waals surface area (Å²) in [6, 6.07) is 15.9. The third-order valence-electron chi connectivity index (χ3n) is 3.73. The van der Waals surface area contributed by atoms with Gasteiger partial charge in [0.15, 0.2) is 0 Å². The monoisotopic (exact) mass is 355 g/mol. The fraction of sp³-hybridized carbons (Fsp3) is 0.409. The van der Waals surface area contributed by atoms with Crippen molar-refractivity contribution in [1.29, 1.82) is 0 Å². The van der Waals surface area contributed by atoms with Crippen LogP contribution in [0, 0.1) is 13.8 Å². The van der Waals surface area contributed by atoms with E-state index < -0.39 is 11.7 Å². The molecule has 26 heavy (non-hydrogen) atoms. The molecule has 1 amide bonds. The van der Waals surface area contributed by atoms with E-state index in [1.807, 2.05) is 51.1 Å². The molecule has 1 N–H and O–H groups in total. The van der Waals surface area contributed by atoms with Gasteiger partial charge in [0.1, 0.15) is 5.60 Å². The fourth-order valence-electron chi connectivity index (χ4n) is 2.80. The fourth-order valence-corrected chi connectivity index (χ4v) is 2.80. The van der Waals surface area contributed by atoms with Gasteiger partial charge in [-0.3, -0.25) is 0 Å². The Balaban J connectivity index is 2.01. The molecule has 0 radical (unpaired) electrons. The minimum Gasteiger partial charge on any atom is -0.444 e. The predicted molar refractivity (Wildman–Crippen MR) is 104 cm³/mol. The molecule has 140 valence electrons. The van der Waals surface area contributed by atoms with E-state index in [1.165, 1.54) is 11.1 Å². The number of amides is 1. The predicted octanol–water partition coefficient (Wildman–Crippen LogP) is 5.09. The first kappa shape index (κ1) is 20.0. The van der Waals surface area contributed by atoms with Crippen molar-refractivity contribution in [3.63, 3.8) is 0 Å². The Morgan fingerprint density at radius 1 is 1.04 bits per heavy atom. The molecule has 2 rings (SSSR count). The number of rotatable bonds is 6. The second-order valence-corrected chi connectivity index (χ2v) is 7.62. The van der Waals surface area contributed by atoms with Crippen LogP contribution >= 0.6 is 0 Å². The van der Waals surface area contributed by atoms with Gasteiger partial charge in [0, 0.05) is 0 Å². The van der Waals surface area contributed by atoms with Gasteiger partial charge in [-0.15, -0.1) is 0 Å². The van der Waals surface area contributed by atoms with Gasteiger partial charge in [-0.05, 0) is 45.7 Å². The number of alkyl carbamates (subject to hydrolysis) is 1. The maximum atomic E-state index is 12.2. The molecule has 4 heteroatoms. The molecule has 0 fully saturated rings. The van der Waals surface area contributed by atoms with E-state index >= 15 is 0 Å². The molecular formula is C22H29NO3. The van der Waals surface area contributed by atoms with Crippen molar-refractivity contribution in [3.05, 3.63) is 70.8 Å². The van der Waals surface area contributed by atoms with Crippen molar-refractivity contribution in [3.8, 4) is 0 Å². The van der Waals surface area contributed by atoms with E-state index in [9.17, 15) is 4.79 Å². The summed E-state index contributed by atoms with van der Waals surface area (Å²) < 4.78 is 11.3. The van der Waals surface area contributed by atoms with E-state index in [0.717, 1.165) is 11.1 Å². The second-order valence-electron chi connectivity index (χ2n) is 7.62. The SMILES string of the molecule is Cc1cc(C)cc(COCC(NC(=O)OC(C)(C)C)c2ccccc2)c1. The van der Waals surface area contributed by atoms with Gasteiger partial charge < -0.3 is 14.8 Å². The quantitative estimate of drug-likeness (QED) is 0.785. The number of aryl methyl sites for hydroxylation is 2. The van der Waals surface area contributed by atoms with Gasteiger partial charge in [0.25, 0.3) is 0 Å². The molecule has 4 nitrogen and oxygen atoms in total. The van der Waals surface area contributed by atoms with Gasteiger partial charge in [0.05, 0.1) is 19.3 Å². The average molecular weight is 355 g/mol. The lowest BCUT2D eigenvalue weighted by atomic mass is 10.1. The van der Waals surface area contributed by atoms with Crippen LogP contribution in [0.15, 0.2) is 48.5 Å². The number of carbonyl (C=O) groups is 1. The number of hydrogen-bond donors (Lipinski definition) is 1. The molecule has 0 saturated carbocycles. The summed E-state index contributed by atoms with van der Waals surface area (Å²) >= 11 is 0. The van der Waals surface area contributed by atoms with Gasteiger partial charge in [-0.1, -0.05) is 59.7 Å². The number of ether oxygens (including phenoxy) is 2. The second kappa shape index (κ2) is 8.86. The van der Waals surface area contributed by atoms with E-state index in [0.29, 0.717) is 13.2 Å². The van der Waals surface area contributed by atoms with Crippen LogP contribution in [-0.4, -0.2) is 18.3 Å². The van der Waals surface area contributed by atoms with Crippen LogP contribution in [-0.2, 0) is 16.1 Å². The Morgan fingerprint density at radius 2 is 1.65 bits per heavy atom. The lowest BCUT2D eigenvalue weighted by Crippen LogP contribution is -2.36. The lowest BCUT2D eigenvalue weighted by Gasteiger charge is -2.24. The van der Waals surface area contributed by atoms with Crippen LogP contribution in [0.2, 0.25) is 0 Å². The first-order valence-corrected chi connectivity index (χ1v) is 8.92. The highest BCUT2D eigenvalue weighted by atomic mass is 16.6.